The van der Waals surface area contributed by atoms with Crippen molar-refractivity contribution in [2.24, 2.45) is 16.3 Å². The van der Waals surface area contributed by atoms with E-state index in [1.54, 1.807) is 6.92 Å². The van der Waals surface area contributed by atoms with E-state index in [1.807, 2.05) is 13.8 Å². The minimum Gasteiger partial charge on any atom is -0.463 e. The number of aromatic nitrogens is 2. The molecule has 4 N–H and O–H groups in total. The van der Waals surface area contributed by atoms with Crippen LogP contribution in [0.2, 0.25) is 0 Å². The Labute approximate surface area is 207 Å². The minimum atomic E-state index is -1.34. The number of nitrogens with two attached hydrogens (primary N) is 1. The smallest absolute Gasteiger partial charge is 0.251 e. The standard InChI is InChI=1S/C27H37N5O3/c1-17-30-22(28)20-23(31-17)35-26(4,5)21(32-20)19-8-6-12-27(13-7-9-19)14-10-18(11-15-27)16-29-24(33)25(2,3)34/h6-9,12,18,34H,10-11,13-16H2,1-5H3,(H,29,33)(H2,28,30,31)/b9-7?,12-6+,19-8?. The lowest BCUT2D eigenvalue weighted by molar-refractivity contribution is -0.136. The second-order valence-corrected chi connectivity index (χ2v) is 11.0. The maximum Gasteiger partial charge on any atom is 0.251 e. The number of anilines is 1. The molecule has 4 rings (SSSR count). The Balaban J connectivity index is 1.47. The second-order valence-electron chi connectivity index (χ2n) is 11.0. The monoisotopic (exact) mass is 479 g/mol. The molecule has 188 valence electrons. The van der Waals surface area contributed by atoms with Gasteiger partial charge in [0.1, 0.15) is 17.0 Å². The Morgan fingerprint density at radius 3 is 2.69 bits per heavy atom. The number of carbonyl (C=O) groups excluding carboxylic acids is 1. The Bertz CT molecular complexity index is 1120. The quantitative estimate of drug-likeness (QED) is 0.597. The number of ether oxygens (including phenoxy) is 1. The number of aliphatic hydroxyl groups is 1. The number of hydrogen-bond donors (Lipinski definition) is 3. The van der Waals surface area contributed by atoms with Crippen LogP contribution in [0.4, 0.5) is 11.5 Å². The van der Waals surface area contributed by atoms with Crippen LogP contribution < -0.4 is 15.8 Å². The molecule has 0 radical (unpaired) electrons. The third kappa shape index (κ3) is 5.48. The molecule has 0 aromatic carbocycles. The Morgan fingerprint density at radius 1 is 1.29 bits per heavy atom. The lowest BCUT2D eigenvalue weighted by Crippen LogP contribution is -2.44. The van der Waals surface area contributed by atoms with Crippen LogP contribution >= 0.6 is 0 Å². The summed E-state index contributed by atoms with van der Waals surface area (Å²) in [5.74, 6) is 1.42. The zero-order valence-electron chi connectivity index (χ0n) is 21.4. The summed E-state index contributed by atoms with van der Waals surface area (Å²) in [5, 5.41) is 12.7. The third-order valence-electron chi connectivity index (χ3n) is 7.17. The summed E-state index contributed by atoms with van der Waals surface area (Å²) in [6.07, 6.45) is 16.1. The zero-order valence-corrected chi connectivity index (χ0v) is 21.4. The fourth-order valence-corrected chi connectivity index (χ4v) is 5.03. The van der Waals surface area contributed by atoms with E-state index in [0.717, 1.165) is 43.4 Å². The SMILES string of the molecule is Cc1nc(N)c2c(n1)OC(C)(C)C(C1=C/C=C/C3(CC=C1)CCC(CNC(=O)C(C)(C)O)CC3)=N2. The van der Waals surface area contributed by atoms with Crippen molar-refractivity contribution < 1.29 is 14.6 Å². The summed E-state index contributed by atoms with van der Waals surface area (Å²) < 4.78 is 6.19. The van der Waals surface area contributed by atoms with Gasteiger partial charge in [-0.3, -0.25) is 4.79 Å². The van der Waals surface area contributed by atoms with Gasteiger partial charge in [-0.25, -0.2) is 9.98 Å². The molecule has 1 fully saturated rings. The number of fused-ring (bicyclic) bond motifs is 1. The van der Waals surface area contributed by atoms with E-state index in [1.165, 1.54) is 13.8 Å². The van der Waals surface area contributed by atoms with Gasteiger partial charge in [0.25, 0.3) is 5.91 Å². The molecular weight excluding hydrogens is 442 g/mol. The van der Waals surface area contributed by atoms with Crippen molar-refractivity contribution in [3.8, 4) is 5.88 Å². The maximum atomic E-state index is 12.0. The number of amides is 1. The van der Waals surface area contributed by atoms with E-state index in [0.29, 0.717) is 35.7 Å². The lowest BCUT2D eigenvalue weighted by atomic mass is 9.68. The molecule has 0 saturated heterocycles. The average molecular weight is 480 g/mol. The number of rotatable bonds is 4. The summed E-state index contributed by atoms with van der Waals surface area (Å²) in [6, 6.07) is 0. The van der Waals surface area contributed by atoms with Crippen LogP contribution in [0.5, 0.6) is 5.88 Å². The van der Waals surface area contributed by atoms with E-state index in [2.05, 4.69) is 45.7 Å². The first-order valence-electron chi connectivity index (χ1n) is 12.4. The Morgan fingerprint density at radius 2 is 2.00 bits per heavy atom. The van der Waals surface area contributed by atoms with Crippen molar-refractivity contribution in [2.45, 2.75) is 77.9 Å². The van der Waals surface area contributed by atoms with Crippen molar-refractivity contribution in [3.63, 3.8) is 0 Å². The molecule has 35 heavy (non-hydrogen) atoms. The van der Waals surface area contributed by atoms with Gasteiger partial charge < -0.3 is 20.9 Å². The fourth-order valence-electron chi connectivity index (χ4n) is 5.03. The molecule has 1 aromatic rings. The number of aryl methyl sites for hydroxylation is 1. The van der Waals surface area contributed by atoms with Crippen LogP contribution in [0.25, 0.3) is 0 Å². The van der Waals surface area contributed by atoms with Crippen LogP contribution in [0.3, 0.4) is 0 Å². The molecule has 1 amide bonds. The van der Waals surface area contributed by atoms with Crippen LogP contribution in [0.1, 0.15) is 65.6 Å². The van der Waals surface area contributed by atoms with Gasteiger partial charge >= 0.3 is 0 Å². The first-order valence-corrected chi connectivity index (χ1v) is 12.4. The highest BCUT2D eigenvalue weighted by Crippen LogP contribution is 2.44. The minimum absolute atomic E-state index is 0.123. The number of carbonyl (C=O) groups is 1. The number of aliphatic imine (C=N–C) groups is 1. The van der Waals surface area contributed by atoms with Crippen LogP contribution in [-0.2, 0) is 4.79 Å². The first kappa shape index (κ1) is 25.1. The highest BCUT2D eigenvalue weighted by molar-refractivity contribution is 6.11. The normalized spacial score (nSPS) is 26.5. The lowest BCUT2D eigenvalue weighted by Gasteiger charge is -2.38. The highest BCUT2D eigenvalue weighted by atomic mass is 16.5. The zero-order chi connectivity index (χ0) is 25.4. The third-order valence-corrected chi connectivity index (χ3v) is 7.17. The van der Waals surface area contributed by atoms with Crippen molar-refractivity contribution in [3.05, 3.63) is 41.8 Å². The highest BCUT2D eigenvalue weighted by Gasteiger charge is 2.37. The van der Waals surface area contributed by atoms with Gasteiger partial charge in [-0.15, -0.1) is 0 Å². The molecule has 0 bridgehead atoms. The van der Waals surface area contributed by atoms with Gasteiger partial charge in [-0.05, 0) is 83.6 Å². The van der Waals surface area contributed by atoms with Crippen molar-refractivity contribution in [1.29, 1.82) is 0 Å². The second kappa shape index (κ2) is 9.22. The summed E-state index contributed by atoms with van der Waals surface area (Å²) in [6.45, 7) is 9.40. The van der Waals surface area contributed by atoms with Crippen LogP contribution in [-0.4, -0.2) is 44.4 Å². The van der Waals surface area contributed by atoms with Gasteiger partial charge in [0.05, 0.1) is 5.71 Å². The van der Waals surface area contributed by atoms with Crippen molar-refractivity contribution in [1.82, 2.24) is 15.3 Å². The van der Waals surface area contributed by atoms with E-state index in [-0.39, 0.29) is 11.3 Å². The number of hydrogen-bond acceptors (Lipinski definition) is 7. The number of allylic oxidation sites excluding steroid dienone is 5. The molecule has 2 aliphatic carbocycles. The molecule has 0 atom stereocenters. The Hall–Kier alpha value is -3.00. The number of nitrogens with zero attached hydrogens (tertiary/aromatic N) is 3. The van der Waals surface area contributed by atoms with E-state index < -0.39 is 11.2 Å². The van der Waals surface area contributed by atoms with Gasteiger partial charge in [0, 0.05) is 6.54 Å². The Kier molecular flexibility index (Phi) is 6.62. The molecule has 1 aromatic heterocycles. The molecular formula is C27H37N5O3. The largest absolute Gasteiger partial charge is 0.463 e. The van der Waals surface area contributed by atoms with E-state index in [4.69, 9.17) is 15.5 Å². The predicted octanol–water partition coefficient (Wildman–Crippen LogP) is 4.12. The van der Waals surface area contributed by atoms with Crippen molar-refractivity contribution in [2.75, 3.05) is 12.3 Å². The molecule has 1 spiro atoms. The summed E-state index contributed by atoms with van der Waals surface area (Å²) in [7, 11) is 0. The summed E-state index contributed by atoms with van der Waals surface area (Å²) in [4.78, 5) is 25.4. The molecule has 8 heteroatoms. The molecule has 2 heterocycles. The van der Waals surface area contributed by atoms with Crippen LogP contribution in [0.15, 0.2) is 40.9 Å². The first-order chi connectivity index (χ1) is 16.4. The van der Waals surface area contributed by atoms with Gasteiger partial charge in [-0.1, -0.05) is 30.4 Å². The van der Waals surface area contributed by atoms with Crippen molar-refractivity contribution >= 4 is 23.1 Å². The van der Waals surface area contributed by atoms with Gasteiger partial charge in [0.2, 0.25) is 5.88 Å². The van der Waals surface area contributed by atoms with Gasteiger partial charge in [-0.2, -0.15) is 4.98 Å². The van der Waals surface area contributed by atoms with E-state index >= 15 is 0 Å². The fraction of sp³-hybridized carbons (Fsp3) is 0.556. The summed E-state index contributed by atoms with van der Waals surface area (Å²) >= 11 is 0. The van der Waals surface area contributed by atoms with E-state index in [9.17, 15) is 9.90 Å². The average Bonchev–Trinajstić information content (AvgIpc) is 2.74. The molecule has 1 saturated carbocycles. The number of nitrogens with one attached hydrogen (secondary N) is 1. The molecule has 1 aliphatic heterocycles. The predicted molar refractivity (Wildman–Crippen MR) is 138 cm³/mol. The molecule has 0 unspecified atom stereocenters. The van der Waals surface area contributed by atoms with Crippen LogP contribution in [0, 0.1) is 18.3 Å². The summed E-state index contributed by atoms with van der Waals surface area (Å²) in [5.41, 5.74) is 6.50. The topological polar surface area (TPSA) is 123 Å². The van der Waals surface area contributed by atoms with Gasteiger partial charge in [0.15, 0.2) is 11.5 Å². The molecule has 3 aliphatic rings. The number of nitrogen functional groups attached to an aromatic ring is 1. The maximum absolute atomic E-state index is 12.0. The molecule has 8 nitrogen and oxygen atoms in total.